The second-order valence-corrected chi connectivity index (χ2v) is 7.10. The molecule has 2 aliphatic heterocycles. The first-order valence-corrected chi connectivity index (χ1v) is 9.41. The summed E-state index contributed by atoms with van der Waals surface area (Å²) in [6.45, 7) is 12.1. The summed E-state index contributed by atoms with van der Waals surface area (Å²) in [5.41, 5.74) is 0. The number of piperidine rings is 1. The lowest BCUT2D eigenvalue weighted by Gasteiger charge is -2.34. The minimum absolute atomic E-state index is 0.0464. The maximum Gasteiger partial charge on any atom is 0.248 e. The van der Waals surface area contributed by atoms with Gasteiger partial charge < -0.3 is 14.5 Å². The molecule has 24 heavy (non-hydrogen) atoms. The lowest BCUT2D eigenvalue weighted by Crippen LogP contribution is -2.46. The number of rotatable bonds is 5. The van der Waals surface area contributed by atoms with E-state index in [1.807, 2.05) is 16.7 Å². The van der Waals surface area contributed by atoms with Gasteiger partial charge in [-0.2, -0.15) is 0 Å². The standard InChI is InChI=1S/C18H33N3O3/c1-4-24-14-17(22)20-10-6-16(7-11-20)18(23)21-9-5-8-19(12-13-21)15(2)3/h15-16H,4-14H2,1-3H3. The molecule has 2 fully saturated rings. The number of carbonyl (C=O) groups is 2. The minimum atomic E-state index is 0.0464. The van der Waals surface area contributed by atoms with Crippen molar-refractivity contribution >= 4 is 11.8 Å². The summed E-state index contributed by atoms with van der Waals surface area (Å²) in [5, 5.41) is 0. The van der Waals surface area contributed by atoms with Crippen LogP contribution in [-0.4, -0.2) is 85.0 Å². The zero-order valence-electron chi connectivity index (χ0n) is 15.5. The zero-order valence-corrected chi connectivity index (χ0v) is 15.5. The highest BCUT2D eigenvalue weighted by molar-refractivity contribution is 5.80. The molecule has 0 aliphatic carbocycles. The number of hydrogen-bond donors (Lipinski definition) is 0. The highest BCUT2D eigenvalue weighted by Crippen LogP contribution is 2.21. The topological polar surface area (TPSA) is 53.1 Å². The Hall–Kier alpha value is -1.14. The fourth-order valence-electron chi connectivity index (χ4n) is 3.59. The lowest BCUT2D eigenvalue weighted by atomic mass is 9.95. The van der Waals surface area contributed by atoms with Gasteiger partial charge in [0.25, 0.3) is 0 Å². The zero-order chi connectivity index (χ0) is 17.5. The SMILES string of the molecule is CCOCC(=O)N1CCC(C(=O)N2CCCN(C(C)C)CC2)CC1. The molecule has 6 nitrogen and oxygen atoms in total. The monoisotopic (exact) mass is 339 g/mol. The van der Waals surface area contributed by atoms with Gasteiger partial charge in [-0.15, -0.1) is 0 Å². The fraction of sp³-hybridized carbons (Fsp3) is 0.889. The Morgan fingerprint density at radius 1 is 1.00 bits per heavy atom. The minimum Gasteiger partial charge on any atom is -0.372 e. The number of amides is 2. The van der Waals surface area contributed by atoms with E-state index in [4.69, 9.17) is 4.74 Å². The van der Waals surface area contributed by atoms with Crippen LogP contribution in [0.1, 0.15) is 40.0 Å². The van der Waals surface area contributed by atoms with E-state index in [1.165, 1.54) is 0 Å². The largest absolute Gasteiger partial charge is 0.372 e. The molecule has 6 heteroatoms. The van der Waals surface area contributed by atoms with Crippen LogP contribution in [0.3, 0.4) is 0 Å². The van der Waals surface area contributed by atoms with Crippen LogP contribution in [0, 0.1) is 5.92 Å². The van der Waals surface area contributed by atoms with Gasteiger partial charge in [0.05, 0.1) is 0 Å². The van der Waals surface area contributed by atoms with Crippen molar-refractivity contribution in [2.45, 2.75) is 46.1 Å². The fourth-order valence-corrected chi connectivity index (χ4v) is 3.59. The summed E-state index contributed by atoms with van der Waals surface area (Å²) >= 11 is 0. The first-order valence-electron chi connectivity index (χ1n) is 9.41. The molecule has 0 spiro atoms. The smallest absolute Gasteiger partial charge is 0.248 e. The van der Waals surface area contributed by atoms with E-state index in [1.54, 1.807) is 0 Å². The molecule has 0 aromatic carbocycles. The van der Waals surface area contributed by atoms with Crippen LogP contribution in [0.4, 0.5) is 0 Å². The molecule has 2 rings (SSSR count). The van der Waals surface area contributed by atoms with Crippen molar-refractivity contribution in [3.8, 4) is 0 Å². The predicted octanol–water partition coefficient (Wildman–Crippen LogP) is 1.20. The van der Waals surface area contributed by atoms with Gasteiger partial charge in [0.1, 0.15) is 6.61 Å². The predicted molar refractivity (Wildman–Crippen MR) is 93.7 cm³/mol. The number of carbonyl (C=O) groups excluding carboxylic acids is 2. The van der Waals surface area contributed by atoms with E-state index >= 15 is 0 Å². The normalized spacial score (nSPS) is 21.2. The summed E-state index contributed by atoms with van der Waals surface area (Å²) in [7, 11) is 0. The van der Waals surface area contributed by atoms with Crippen molar-refractivity contribution in [1.82, 2.24) is 14.7 Å². The molecule has 2 aliphatic rings. The molecule has 0 aromatic rings. The van der Waals surface area contributed by atoms with Crippen molar-refractivity contribution in [2.75, 3.05) is 52.5 Å². The second-order valence-electron chi connectivity index (χ2n) is 7.10. The van der Waals surface area contributed by atoms with Gasteiger partial charge in [-0.25, -0.2) is 0 Å². The number of hydrogen-bond acceptors (Lipinski definition) is 4. The Labute approximate surface area is 146 Å². The number of likely N-dealkylation sites (tertiary alicyclic amines) is 1. The molecule has 2 amide bonds. The van der Waals surface area contributed by atoms with E-state index in [0.717, 1.165) is 45.4 Å². The number of nitrogens with zero attached hydrogens (tertiary/aromatic N) is 3. The van der Waals surface area contributed by atoms with Crippen LogP contribution in [0.15, 0.2) is 0 Å². The molecular formula is C18H33N3O3. The van der Waals surface area contributed by atoms with Gasteiger partial charge in [0.2, 0.25) is 11.8 Å². The molecule has 0 aromatic heterocycles. The van der Waals surface area contributed by atoms with Crippen molar-refractivity contribution in [3.05, 3.63) is 0 Å². The maximum atomic E-state index is 12.8. The summed E-state index contributed by atoms with van der Waals surface area (Å²) in [6, 6.07) is 0.541. The van der Waals surface area contributed by atoms with Crippen LogP contribution < -0.4 is 0 Å². The Morgan fingerprint density at radius 2 is 1.71 bits per heavy atom. The molecule has 0 atom stereocenters. The molecule has 0 radical (unpaired) electrons. The van der Waals surface area contributed by atoms with E-state index in [2.05, 4.69) is 18.7 Å². The summed E-state index contributed by atoms with van der Waals surface area (Å²) in [6.07, 6.45) is 2.61. The van der Waals surface area contributed by atoms with Crippen LogP contribution in [0.5, 0.6) is 0 Å². The second kappa shape index (κ2) is 9.37. The molecule has 2 saturated heterocycles. The number of ether oxygens (including phenoxy) is 1. The third-order valence-electron chi connectivity index (χ3n) is 5.20. The highest BCUT2D eigenvalue weighted by atomic mass is 16.5. The Kier molecular flexibility index (Phi) is 7.49. The molecule has 2 heterocycles. The molecule has 0 N–H and O–H groups in total. The summed E-state index contributed by atoms with van der Waals surface area (Å²) in [5.74, 6) is 0.411. The van der Waals surface area contributed by atoms with Gasteiger partial charge in [-0.1, -0.05) is 0 Å². The van der Waals surface area contributed by atoms with Crippen LogP contribution in [0.2, 0.25) is 0 Å². The van der Waals surface area contributed by atoms with E-state index < -0.39 is 0 Å². The molecular weight excluding hydrogens is 306 g/mol. The van der Waals surface area contributed by atoms with E-state index in [-0.39, 0.29) is 24.3 Å². The third-order valence-corrected chi connectivity index (χ3v) is 5.20. The quantitative estimate of drug-likeness (QED) is 0.755. The van der Waals surface area contributed by atoms with Gasteiger partial charge >= 0.3 is 0 Å². The highest BCUT2D eigenvalue weighted by Gasteiger charge is 2.31. The average molecular weight is 339 g/mol. The summed E-state index contributed by atoms with van der Waals surface area (Å²) < 4.78 is 5.19. The van der Waals surface area contributed by atoms with E-state index in [9.17, 15) is 9.59 Å². The van der Waals surface area contributed by atoms with Crippen LogP contribution in [0.25, 0.3) is 0 Å². The Morgan fingerprint density at radius 3 is 2.33 bits per heavy atom. The van der Waals surface area contributed by atoms with Crippen molar-refractivity contribution < 1.29 is 14.3 Å². The van der Waals surface area contributed by atoms with E-state index in [0.29, 0.717) is 25.7 Å². The van der Waals surface area contributed by atoms with Gasteiger partial charge in [0, 0.05) is 57.8 Å². The molecule has 0 bridgehead atoms. The van der Waals surface area contributed by atoms with Crippen LogP contribution in [-0.2, 0) is 14.3 Å². The first kappa shape index (κ1) is 19.2. The van der Waals surface area contributed by atoms with Gasteiger partial charge in [-0.05, 0) is 40.0 Å². The summed E-state index contributed by atoms with van der Waals surface area (Å²) in [4.78, 5) is 31.1. The molecule has 0 unspecified atom stereocenters. The van der Waals surface area contributed by atoms with Crippen molar-refractivity contribution in [3.63, 3.8) is 0 Å². The van der Waals surface area contributed by atoms with Crippen LogP contribution >= 0.6 is 0 Å². The Bertz CT molecular complexity index is 420. The third kappa shape index (κ3) is 5.18. The lowest BCUT2D eigenvalue weighted by molar-refractivity contribution is -0.142. The first-order chi connectivity index (χ1) is 11.5. The maximum absolute atomic E-state index is 12.8. The molecule has 0 saturated carbocycles. The van der Waals surface area contributed by atoms with Crippen molar-refractivity contribution in [2.24, 2.45) is 5.92 Å². The van der Waals surface area contributed by atoms with Gasteiger partial charge in [-0.3, -0.25) is 14.5 Å². The van der Waals surface area contributed by atoms with Gasteiger partial charge in [0.15, 0.2) is 0 Å². The average Bonchev–Trinajstić information content (AvgIpc) is 2.85. The Balaban J connectivity index is 1.79. The van der Waals surface area contributed by atoms with Crippen molar-refractivity contribution in [1.29, 1.82) is 0 Å². The molecule has 138 valence electrons.